The van der Waals surface area contributed by atoms with Crippen molar-refractivity contribution in [3.8, 4) is 23.0 Å². The van der Waals surface area contributed by atoms with Crippen LogP contribution in [0, 0.1) is 34.9 Å². The van der Waals surface area contributed by atoms with Crippen molar-refractivity contribution in [2.45, 2.75) is 0 Å². The third-order valence-corrected chi connectivity index (χ3v) is 6.06. The van der Waals surface area contributed by atoms with Gasteiger partial charge in [0.15, 0.2) is 0 Å². The van der Waals surface area contributed by atoms with Crippen LogP contribution in [0.15, 0.2) is 97.1 Å². The number of rotatable bonds is 8. The van der Waals surface area contributed by atoms with Gasteiger partial charge in [0.2, 0.25) is 34.8 Å². The normalized spacial score (nSPS) is 10.7. The molecule has 12 heteroatoms. The second-order valence-electron chi connectivity index (χ2n) is 9.09. The predicted octanol–water partition coefficient (Wildman–Crippen LogP) is 8.61. The molecule has 0 saturated heterocycles. The number of carbonyl (C=O) groups excluding carboxylic acids is 2. The molecule has 5 rings (SSSR count). The van der Waals surface area contributed by atoms with E-state index in [0.29, 0.717) is 0 Å². The Labute approximate surface area is 245 Å². The highest BCUT2D eigenvalue weighted by Crippen LogP contribution is 2.39. The van der Waals surface area contributed by atoms with Crippen molar-refractivity contribution in [1.82, 2.24) is 0 Å². The summed E-state index contributed by atoms with van der Waals surface area (Å²) in [6.45, 7) is 0. The van der Waals surface area contributed by atoms with Crippen molar-refractivity contribution in [2.75, 3.05) is 10.6 Å². The lowest BCUT2D eigenvalue weighted by Gasteiger charge is -2.14. The monoisotopic (exact) mass is 608 g/mol. The quantitative estimate of drug-likeness (QED) is 0.137. The van der Waals surface area contributed by atoms with Crippen molar-refractivity contribution >= 4 is 23.2 Å². The van der Waals surface area contributed by atoms with Crippen LogP contribution in [0.1, 0.15) is 20.7 Å². The molecule has 2 N–H and O–H groups in total. The van der Waals surface area contributed by atoms with Gasteiger partial charge in [-0.1, -0.05) is 0 Å². The molecule has 0 unspecified atom stereocenters. The average molecular weight is 608 g/mol. The number of hydrogen-bond donors (Lipinski definition) is 2. The fourth-order valence-electron chi connectivity index (χ4n) is 3.83. The summed E-state index contributed by atoms with van der Waals surface area (Å²) in [6, 6.07) is 19.5. The lowest BCUT2D eigenvalue weighted by molar-refractivity contribution is 0.101. The van der Waals surface area contributed by atoms with Crippen molar-refractivity contribution in [1.29, 1.82) is 0 Å². The van der Waals surface area contributed by atoms with E-state index in [-0.39, 0.29) is 34.0 Å². The Balaban J connectivity index is 1.26. The number of benzene rings is 5. The van der Waals surface area contributed by atoms with Gasteiger partial charge in [0.25, 0.3) is 11.8 Å². The molecule has 0 radical (unpaired) electrons. The maximum absolute atomic E-state index is 14.8. The number of halogens is 6. The molecule has 5 aromatic carbocycles. The summed E-state index contributed by atoms with van der Waals surface area (Å²) in [5.74, 6) is -12.8. The summed E-state index contributed by atoms with van der Waals surface area (Å²) in [6.07, 6.45) is 0. The van der Waals surface area contributed by atoms with E-state index in [1.54, 1.807) is 0 Å². The van der Waals surface area contributed by atoms with Gasteiger partial charge in [0, 0.05) is 22.5 Å². The second kappa shape index (κ2) is 12.6. The van der Waals surface area contributed by atoms with Crippen LogP contribution in [0.25, 0.3) is 0 Å². The summed E-state index contributed by atoms with van der Waals surface area (Å²) in [5, 5.41) is 5.06. The van der Waals surface area contributed by atoms with Gasteiger partial charge in [0.1, 0.15) is 23.1 Å². The number of hydrogen-bond acceptors (Lipinski definition) is 4. The lowest BCUT2D eigenvalue weighted by atomic mass is 10.2. The topological polar surface area (TPSA) is 76.7 Å². The third-order valence-electron chi connectivity index (χ3n) is 6.06. The Hall–Kier alpha value is -5.78. The average Bonchev–Trinajstić information content (AvgIpc) is 3.02. The van der Waals surface area contributed by atoms with Gasteiger partial charge in [-0.25, -0.2) is 8.78 Å². The number of amides is 2. The zero-order valence-electron chi connectivity index (χ0n) is 22.1. The van der Waals surface area contributed by atoms with Crippen LogP contribution in [0.2, 0.25) is 0 Å². The number of ether oxygens (including phenoxy) is 2. The number of anilines is 2. The molecule has 6 nitrogen and oxygen atoms in total. The van der Waals surface area contributed by atoms with E-state index in [1.165, 1.54) is 72.8 Å². The second-order valence-corrected chi connectivity index (χ2v) is 9.09. The van der Waals surface area contributed by atoms with E-state index in [9.17, 15) is 35.9 Å². The highest BCUT2D eigenvalue weighted by atomic mass is 19.2. The molecule has 0 fully saturated rings. The summed E-state index contributed by atoms with van der Waals surface area (Å²) in [4.78, 5) is 24.5. The summed E-state index contributed by atoms with van der Waals surface area (Å²) >= 11 is 0. The summed E-state index contributed by atoms with van der Waals surface area (Å²) in [7, 11) is 0. The first-order valence-electron chi connectivity index (χ1n) is 12.6. The van der Waals surface area contributed by atoms with Gasteiger partial charge in [-0.2, -0.15) is 17.6 Å². The van der Waals surface area contributed by atoms with Crippen LogP contribution in [-0.2, 0) is 0 Å². The predicted molar refractivity (Wildman–Crippen MR) is 148 cm³/mol. The fourth-order valence-corrected chi connectivity index (χ4v) is 3.83. The van der Waals surface area contributed by atoms with E-state index in [1.807, 2.05) is 0 Å². The molecule has 222 valence electrons. The van der Waals surface area contributed by atoms with Crippen molar-refractivity contribution in [3.63, 3.8) is 0 Å². The zero-order valence-corrected chi connectivity index (χ0v) is 22.1. The smallest absolute Gasteiger partial charge is 0.255 e. The van der Waals surface area contributed by atoms with Gasteiger partial charge < -0.3 is 20.1 Å². The van der Waals surface area contributed by atoms with Gasteiger partial charge in [-0.3, -0.25) is 9.59 Å². The van der Waals surface area contributed by atoms with Crippen molar-refractivity contribution in [2.24, 2.45) is 0 Å². The van der Waals surface area contributed by atoms with Gasteiger partial charge in [-0.15, -0.1) is 0 Å². The largest absolute Gasteiger partial charge is 0.451 e. The maximum atomic E-state index is 14.8. The van der Waals surface area contributed by atoms with Gasteiger partial charge >= 0.3 is 0 Å². The SMILES string of the molecule is O=C(Nc1ccc(Oc2c(F)c(F)c(Oc3ccc(NC(=O)c4ccc(F)cc4)cc3)c(F)c2F)cc1)c1ccc(F)cc1. The van der Waals surface area contributed by atoms with Crippen LogP contribution in [-0.4, -0.2) is 11.8 Å². The Morgan fingerprint density at radius 1 is 0.432 bits per heavy atom. The molecule has 0 aliphatic carbocycles. The van der Waals surface area contributed by atoms with Crippen LogP contribution in [0.3, 0.4) is 0 Å². The molecule has 0 heterocycles. The summed E-state index contributed by atoms with van der Waals surface area (Å²) in [5.41, 5.74) is 0.840. The highest BCUT2D eigenvalue weighted by Gasteiger charge is 2.29. The third kappa shape index (κ3) is 6.65. The Morgan fingerprint density at radius 3 is 1.02 bits per heavy atom. The summed E-state index contributed by atoms with van der Waals surface area (Å²) < 4.78 is 95.5. The first-order chi connectivity index (χ1) is 21.1. The molecule has 5 aromatic rings. The first kappa shape index (κ1) is 29.7. The molecule has 0 aliphatic heterocycles. The van der Waals surface area contributed by atoms with E-state index in [2.05, 4.69) is 10.6 Å². The molecule has 0 spiro atoms. The molecule has 0 bridgehead atoms. The van der Waals surface area contributed by atoms with E-state index in [0.717, 1.165) is 24.3 Å². The molecular weight excluding hydrogens is 590 g/mol. The minimum Gasteiger partial charge on any atom is -0.451 e. The van der Waals surface area contributed by atoms with E-state index in [4.69, 9.17) is 9.47 Å². The maximum Gasteiger partial charge on any atom is 0.255 e. The van der Waals surface area contributed by atoms with Crippen LogP contribution in [0.5, 0.6) is 23.0 Å². The van der Waals surface area contributed by atoms with Crippen molar-refractivity contribution < 1.29 is 45.4 Å². The molecule has 0 aliphatic rings. The minimum atomic E-state index is -1.87. The van der Waals surface area contributed by atoms with Crippen molar-refractivity contribution in [3.05, 3.63) is 143 Å². The Morgan fingerprint density at radius 2 is 0.727 bits per heavy atom. The van der Waals surface area contributed by atoms with Gasteiger partial charge in [-0.05, 0) is 97.1 Å². The highest BCUT2D eigenvalue weighted by molar-refractivity contribution is 6.04. The molecule has 0 atom stereocenters. The minimum absolute atomic E-state index is 0.175. The Bertz CT molecular complexity index is 1670. The lowest BCUT2D eigenvalue weighted by Crippen LogP contribution is -2.11. The molecule has 44 heavy (non-hydrogen) atoms. The molecule has 0 aromatic heterocycles. The standard InChI is InChI=1S/C32H18F6N2O4/c33-19-5-1-17(2-6-19)31(41)39-21-9-13-23(14-10-21)43-29-25(35)27(37)30(28(38)26(29)36)44-24-15-11-22(12-16-24)40-32(42)18-3-7-20(34)8-4-18/h1-16H,(H,39,41)(H,40,42). The molecular formula is C32H18F6N2O4. The van der Waals surface area contributed by atoms with Crippen LogP contribution >= 0.6 is 0 Å². The van der Waals surface area contributed by atoms with E-state index < -0.39 is 58.2 Å². The fraction of sp³-hybridized carbons (Fsp3) is 0. The number of nitrogens with one attached hydrogen (secondary N) is 2. The Kier molecular flexibility index (Phi) is 8.51. The molecule has 0 saturated carbocycles. The van der Waals surface area contributed by atoms with Gasteiger partial charge in [0.05, 0.1) is 0 Å². The number of carbonyl (C=O) groups is 2. The van der Waals surface area contributed by atoms with E-state index >= 15 is 0 Å². The molecule has 2 amide bonds. The van der Waals surface area contributed by atoms with Crippen LogP contribution < -0.4 is 20.1 Å². The zero-order chi connectivity index (χ0) is 31.4. The van der Waals surface area contributed by atoms with Crippen LogP contribution in [0.4, 0.5) is 37.7 Å². The first-order valence-corrected chi connectivity index (χ1v) is 12.6.